The number of fused-ring (bicyclic) bond motifs is 3. The molecule has 2 aliphatic rings. The molecule has 2 heterocycles. The molecule has 1 fully saturated rings. The molecule has 5 nitrogen and oxygen atoms in total. The maximum Gasteiger partial charge on any atom is 0.347 e. The molecule has 5 rings (SSSR count). The van der Waals surface area contributed by atoms with E-state index in [-0.39, 0.29) is 12.5 Å². The molecule has 2 aromatic carbocycles. The number of benzene rings is 2. The number of carbonyl (C=O) groups is 1. The van der Waals surface area contributed by atoms with Crippen molar-refractivity contribution in [1.82, 2.24) is 10.3 Å². The molecule has 0 saturated carbocycles. The molecule has 1 aromatic heterocycles. The second kappa shape index (κ2) is 8.85. The van der Waals surface area contributed by atoms with Crippen molar-refractivity contribution < 1.29 is 14.6 Å². The zero-order valence-corrected chi connectivity index (χ0v) is 18.0. The first-order valence-corrected chi connectivity index (χ1v) is 11.4. The summed E-state index contributed by atoms with van der Waals surface area (Å²) < 4.78 is 5.88. The van der Waals surface area contributed by atoms with Crippen LogP contribution >= 0.6 is 0 Å². The van der Waals surface area contributed by atoms with Gasteiger partial charge in [0.05, 0.1) is 6.61 Å². The van der Waals surface area contributed by atoms with E-state index in [1.54, 1.807) is 12.4 Å². The quantitative estimate of drug-likeness (QED) is 0.581. The van der Waals surface area contributed by atoms with E-state index in [9.17, 15) is 9.90 Å². The Bertz CT molecular complexity index is 1050. The molecule has 2 N–H and O–H groups in total. The minimum atomic E-state index is -1.79. The number of nitrogens with one attached hydrogen (secondary N) is 1. The van der Waals surface area contributed by atoms with Gasteiger partial charge in [0.2, 0.25) is 5.60 Å². The van der Waals surface area contributed by atoms with Crippen molar-refractivity contribution in [2.45, 2.75) is 30.8 Å². The second-order valence-electron chi connectivity index (χ2n) is 8.81. The standard InChI is InChI=1S/C27H28N2O3/c30-26(27(31)24-7-3-1-5-22(24)23-6-2-4-8-25(23)27)32-18-21(20-11-15-29-16-12-20)17-19-9-13-28-14-10-19/h1-8,11-12,15-16,19,21,28,31H,9-10,13-14,17-18H2. The van der Waals surface area contributed by atoms with Crippen LogP contribution in [0.15, 0.2) is 73.1 Å². The average Bonchev–Trinajstić information content (AvgIpc) is 3.13. The van der Waals surface area contributed by atoms with E-state index < -0.39 is 11.6 Å². The lowest BCUT2D eigenvalue weighted by molar-refractivity contribution is -0.162. The number of hydrogen-bond donors (Lipinski definition) is 2. The van der Waals surface area contributed by atoms with Gasteiger partial charge in [-0.2, -0.15) is 0 Å². The molecule has 0 amide bonds. The summed E-state index contributed by atoms with van der Waals surface area (Å²) in [4.78, 5) is 17.6. The number of rotatable bonds is 6. The first-order valence-electron chi connectivity index (χ1n) is 11.4. The number of aliphatic hydroxyl groups is 1. The third kappa shape index (κ3) is 3.72. The van der Waals surface area contributed by atoms with Crippen LogP contribution in [0.1, 0.15) is 41.9 Å². The topological polar surface area (TPSA) is 71.5 Å². The fraction of sp³-hybridized carbons (Fsp3) is 0.333. The van der Waals surface area contributed by atoms with Gasteiger partial charge in [-0.25, -0.2) is 4.79 Å². The SMILES string of the molecule is O=C(OCC(CC1CCNCC1)c1ccncc1)C1(O)c2ccccc2-c2ccccc21. The van der Waals surface area contributed by atoms with Gasteiger partial charge < -0.3 is 15.2 Å². The smallest absolute Gasteiger partial charge is 0.347 e. The van der Waals surface area contributed by atoms with Crippen molar-refractivity contribution in [2.24, 2.45) is 5.92 Å². The Hall–Kier alpha value is -3.02. The van der Waals surface area contributed by atoms with Gasteiger partial charge in [-0.3, -0.25) is 4.98 Å². The van der Waals surface area contributed by atoms with Crippen LogP contribution in [0.2, 0.25) is 0 Å². The lowest BCUT2D eigenvalue weighted by atomic mass is 9.85. The van der Waals surface area contributed by atoms with Crippen molar-refractivity contribution in [3.8, 4) is 11.1 Å². The largest absolute Gasteiger partial charge is 0.462 e. The van der Waals surface area contributed by atoms with Crippen molar-refractivity contribution in [1.29, 1.82) is 0 Å². The second-order valence-corrected chi connectivity index (χ2v) is 8.81. The number of ether oxygens (including phenoxy) is 1. The summed E-state index contributed by atoms with van der Waals surface area (Å²) in [6, 6.07) is 19.0. The Morgan fingerprint density at radius 3 is 2.22 bits per heavy atom. The summed E-state index contributed by atoms with van der Waals surface area (Å²) in [6.45, 7) is 2.29. The van der Waals surface area contributed by atoms with Gasteiger partial charge in [-0.05, 0) is 67.1 Å². The van der Waals surface area contributed by atoms with Crippen molar-refractivity contribution in [3.05, 3.63) is 89.7 Å². The van der Waals surface area contributed by atoms with E-state index in [0.29, 0.717) is 17.0 Å². The maximum absolute atomic E-state index is 13.4. The lowest BCUT2D eigenvalue weighted by Crippen LogP contribution is -2.37. The third-order valence-electron chi connectivity index (χ3n) is 6.89. The molecule has 3 aromatic rings. The van der Waals surface area contributed by atoms with E-state index in [0.717, 1.165) is 49.0 Å². The normalized spacial score (nSPS) is 17.9. The van der Waals surface area contributed by atoms with Gasteiger partial charge in [0, 0.05) is 29.4 Å². The minimum Gasteiger partial charge on any atom is -0.462 e. The van der Waals surface area contributed by atoms with E-state index in [1.807, 2.05) is 60.7 Å². The number of aromatic nitrogens is 1. The molecule has 1 atom stereocenters. The Labute approximate surface area is 188 Å². The monoisotopic (exact) mass is 428 g/mol. The van der Waals surface area contributed by atoms with Crippen LogP contribution in [0, 0.1) is 5.92 Å². The zero-order valence-electron chi connectivity index (χ0n) is 18.0. The van der Waals surface area contributed by atoms with Gasteiger partial charge in [-0.1, -0.05) is 48.5 Å². The zero-order chi connectivity index (χ0) is 22.0. The first kappa shape index (κ1) is 20.9. The Balaban J connectivity index is 1.39. The summed E-state index contributed by atoms with van der Waals surface area (Å²) in [5, 5.41) is 15.1. The summed E-state index contributed by atoms with van der Waals surface area (Å²) in [6.07, 6.45) is 6.76. The highest BCUT2D eigenvalue weighted by Gasteiger charge is 2.49. The number of pyridine rings is 1. The molecule has 0 bridgehead atoms. The molecule has 1 saturated heterocycles. The molecular weight excluding hydrogens is 400 g/mol. The predicted octanol–water partition coefficient (Wildman–Crippen LogP) is 4.01. The summed E-state index contributed by atoms with van der Waals surface area (Å²) in [5.74, 6) is 0.0453. The van der Waals surface area contributed by atoms with Crippen molar-refractivity contribution in [2.75, 3.05) is 19.7 Å². The van der Waals surface area contributed by atoms with Gasteiger partial charge in [-0.15, -0.1) is 0 Å². The minimum absolute atomic E-state index is 0.0699. The van der Waals surface area contributed by atoms with Crippen LogP contribution in [-0.2, 0) is 15.1 Å². The maximum atomic E-state index is 13.4. The summed E-state index contributed by atoms with van der Waals surface area (Å²) in [5.41, 5.74) is 2.26. The van der Waals surface area contributed by atoms with Crippen LogP contribution in [0.3, 0.4) is 0 Å². The predicted molar refractivity (Wildman–Crippen MR) is 123 cm³/mol. The highest BCUT2D eigenvalue weighted by Crippen LogP contribution is 2.48. The van der Waals surface area contributed by atoms with Gasteiger partial charge >= 0.3 is 5.97 Å². The van der Waals surface area contributed by atoms with Gasteiger partial charge in [0.25, 0.3) is 0 Å². The van der Waals surface area contributed by atoms with Crippen LogP contribution in [0.5, 0.6) is 0 Å². The number of carbonyl (C=O) groups excluding carboxylic acids is 1. The highest BCUT2D eigenvalue weighted by atomic mass is 16.5. The molecule has 1 unspecified atom stereocenters. The fourth-order valence-electron chi connectivity index (χ4n) is 5.17. The van der Waals surface area contributed by atoms with E-state index >= 15 is 0 Å². The van der Waals surface area contributed by atoms with Crippen molar-refractivity contribution >= 4 is 5.97 Å². The molecule has 164 valence electrons. The molecule has 5 heteroatoms. The Morgan fingerprint density at radius 2 is 1.59 bits per heavy atom. The highest BCUT2D eigenvalue weighted by molar-refractivity contribution is 5.96. The Kier molecular flexibility index (Phi) is 5.77. The number of nitrogens with zero attached hydrogens (tertiary/aromatic N) is 1. The fourth-order valence-corrected chi connectivity index (χ4v) is 5.17. The molecule has 1 aliphatic carbocycles. The Morgan fingerprint density at radius 1 is 1.00 bits per heavy atom. The van der Waals surface area contributed by atoms with Crippen LogP contribution < -0.4 is 5.32 Å². The number of piperidine rings is 1. The summed E-state index contributed by atoms with van der Waals surface area (Å²) >= 11 is 0. The number of hydrogen-bond acceptors (Lipinski definition) is 5. The number of esters is 1. The van der Waals surface area contributed by atoms with Crippen LogP contribution in [-0.4, -0.2) is 35.8 Å². The molecular formula is C27H28N2O3. The van der Waals surface area contributed by atoms with Gasteiger partial charge in [0.15, 0.2) is 0 Å². The molecule has 0 spiro atoms. The first-order chi connectivity index (χ1) is 15.7. The van der Waals surface area contributed by atoms with E-state index in [4.69, 9.17) is 4.74 Å². The lowest BCUT2D eigenvalue weighted by Gasteiger charge is -2.29. The molecule has 1 aliphatic heterocycles. The third-order valence-corrected chi connectivity index (χ3v) is 6.89. The molecule has 0 radical (unpaired) electrons. The average molecular weight is 429 g/mol. The summed E-state index contributed by atoms with van der Waals surface area (Å²) in [7, 11) is 0. The van der Waals surface area contributed by atoms with Crippen LogP contribution in [0.25, 0.3) is 11.1 Å². The van der Waals surface area contributed by atoms with Crippen LogP contribution in [0.4, 0.5) is 0 Å². The van der Waals surface area contributed by atoms with Crippen molar-refractivity contribution in [3.63, 3.8) is 0 Å². The van der Waals surface area contributed by atoms with E-state index in [2.05, 4.69) is 10.3 Å². The van der Waals surface area contributed by atoms with Gasteiger partial charge in [0.1, 0.15) is 0 Å². The van der Waals surface area contributed by atoms with E-state index in [1.165, 1.54) is 0 Å². The molecule has 32 heavy (non-hydrogen) atoms.